The second-order valence-corrected chi connectivity index (χ2v) is 46.6. The molecule has 6 saturated heterocycles. The van der Waals surface area contributed by atoms with E-state index in [9.17, 15) is 34.2 Å². The maximum absolute atomic E-state index is 15.4. The molecule has 0 radical (unpaired) electrons. The molecule has 16 heterocycles. The van der Waals surface area contributed by atoms with Gasteiger partial charge in [0.1, 0.15) is 165 Å². The van der Waals surface area contributed by atoms with Crippen molar-refractivity contribution in [2.24, 2.45) is 0 Å². The highest BCUT2D eigenvalue weighted by molar-refractivity contribution is 8.32. The molecular weight excluding hydrogens is 2160 g/mol. The molecule has 14 N–H and O–H groups in total. The van der Waals surface area contributed by atoms with Crippen LogP contribution in [0.5, 0.6) is 0 Å². The van der Waals surface area contributed by atoms with Gasteiger partial charge in [-0.15, -0.1) is 0 Å². The van der Waals surface area contributed by atoms with E-state index in [4.69, 9.17) is 203 Å². The maximum Gasteiger partial charge on any atom is 0.351 e. The van der Waals surface area contributed by atoms with Crippen molar-refractivity contribution in [2.45, 2.75) is 162 Å². The largest absolute Gasteiger partial charge is 0.780 e. The number of nitrogens with zero attached hydrogens (tertiary/aromatic N) is 19. The lowest BCUT2D eigenvalue weighted by atomic mass is 10.1. The minimum absolute atomic E-state index is 0.00510. The van der Waals surface area contributed by atoms with E-state index >= 15 is 23.5 Å². The van der Waals surface area contributed by atoms with Crippen LogP contribution in [0.2, 0.25) is 0 Å². The van der Waals surface area contributed by atoms with Crippen LogP contribution in [0, 0.1) is 13.8 Å². The van der Waals surface area contributed by atoms with Crippen LogP contribution >= 0.6 is 42.6 Å². The van der Waals surface area contributed by atoms with Gasteiger partial charge in [-0.3, -0.25) is 50.9 Å². The molecule has 0 aromatic carbocycles. The normalized spacial score (nSPS) is 29.0. The lowest BCUT2D eigenvalue weighted by Gasteiger charge is -2.36. The predicted octanol–water partition coefficient (Wildman–Crippen LogP) is -4.07. The van der Waals surface area contributed by atoms with Gasteiger partial charge >= 0.3 is 11.4 Å². The Hall–Kier alpha value is -7.73. The van der Waals surface area contributed by atoms with Crippen molar-refractivity contribution < 1.29 is 164 Å². The van der Waals surface area contributed by atoms with Crippen LogP contribution < -0.4 is 75.8 Å². The summed E-state index contributed by atoms with van der Waals surface area (Å²) in [5, 5.41) is 10.8. The number of phosphoric ester groups is 2. The summed E-state index contributed by atoms with van der Waals surface area (Å²) in [5.74, 6) is -0.938. The van der Waals surface area contributed by atoms with Gasteiger partial charge in [0.15, 0.2) is 77.3 Å². The van der Waals surface area contributed by atoms with Crippen LogP contribution in [0.4, 0.5) is 35.0 Å². The Labute approximate surface area is 849 Å². The number of aliphatic hydroxyl groups excluding tert-OH is 1. The number of nitrogen functional groups attached to an aromatic ring is 6. The van der Waals surface area contributed by atoms with Gasteiger partial charge in [-0.25, -0.2) is 59.4 Å². The first-order valence-electron chi connectivity index (χ1n) is 43.9. The molecule has 16 rings (SSSR count). The summed E-state index contributed by atoms with van der Waals surface area (Å²) in [6.45, 7) is -24.7. The lowest BCUT2D eigenvalue weighted by molar-refractivity contribution is -0.241. The van der Waals surface area contributed by atoms with Crippen molar-refractivity contribution >= 4 is 170 Å². The van der Waals surface area contributed by atoms with Crippen molar-refractivity contribution in [2.75, 3.05) is 162 Å². The summed E-state index contributed by atoms with van der Waals surface area (Å²) < 4.78 is 208. The van der Waals surface area contributed by atoms with E-state index in [-0.39, 0.29) is 131 Å². The van der Waals surface area contributed by atoms with E-state index in [1.54, 1.807) is 0 Å². The van der Waals surface area contributed by atoms with E-state index in [1.807, 2.05) is 0 Å². The molecule has 10 aromatic rings. The molecule has 10 aromatic heterocycles. The molecule has 64 nitrogen and oxygen atoms in total. The van der Waals surface area contributed by atoms with Crippen LogP contribution in [-0.4, -0.2) is 328 Å². The van der Waals surface area contributed by atoms with E-state index in [2.05, 4.69) is 69.8 Å². The summed E-state index contributed by atoms with van der Waals surface area (Å²) >= 11 is 21.8. The number of hydrogen-bond acceptors (Lipinski definition) is 61. The fourth-order valence-electron chi connectivity index (χ4n) is 16.6. The number of H-pyrrole nitrogens is 1. The van der Waals surface area contributed by atoms with Gasteiger partial charge < -0.3 is 197 Å². The average molecular weight is 2260 g/mol. The Balaban J connectivity index is 0.680. The summed E-state index contributed by atoms with van der Waals surface area (Å²) in [7, 11) is -6.07. The van der Waals surface area contributed by atoms with Gasteiger partial charge in [-0.05, 0) is 13.8 Å². The van der Waals surface area contributed by atoms with E-state index in [0.29, 0.717) is 0 Å². The summed E-state index contributed by atoms with van der Waals surface area (Å²) in [6, 6.07) is 0. The van der Waals surface area contributed by atoms with Crippen LogP contribution in [0.3, 0.4) is 0 Å². The maximum atomic E-state index is 15.4. The Morgan fingerprint density at radius 1 is 0.401 bits per heavy atom. The third kappa shape index (κ3) is 25.8. The molecule has 0 aliphatic carbocycles. The van der Waals surface area contributed by atoms with E-state index in [1.165, 1.54) is 93.7 Å². The fourth-order valence-corrected chi connectivity index (χ4v) is 23.8. The van der Waals surface area contributed by atoms with Crippen LogP contribution in [0.25, 0.3) is 44.7 Å². The van der Waals surface area contributed by atoms with E-state index < -0.39 is 260 Å². The van der Waals surface area contributed by atoms with Gasteiger partial charge in [0.2, 0.25) is 5.95 Å². The Morgan fingerprint density at radius 2 is 0.748 bits per heavy atom. The SMILES string of the molecule is COCCOC1[C@@H](OP(=O)([O-])OC[C@H]2O[C@@H](n3cnc4c(=O)[nH]c(N)nc43)C(OCCOC)[C@H]2OP(=O)([O-])OC[C@H]2O[C@@H](n3cc(C)c(N)nc3=O)C(OCCOC)[C@H]2OP(=O)([S-])OC[C@H]2O[C@@H](n3cnc4c(N)ncnc43)C[C@H]2OP([O-])(=S)OC[C@H]2O[C@@H](n3cnc4c(N)ncnc43)C[C@H]2OP([O-])(=S)OC)[C@@H](COP([O-])(=S)O[C@@H]2C(OCCOC)[C@H](n3cnc4c(N)ncnc43)O[C@@H]2CO)O[C@H]1n1cc(C)c(N)nc1=O. The van der Waals surface area contributed by atoms with Crippen molar-refractivity contribution in [3.63, 3.8) is 0 Å². The molecule has 0 spiro atoms. The minimum Gasteiger partial charge on any atom is -0.780 e. The zero-order valence-electron chi connectivity index (χ0n) is 78.0. The number of hydrogen-bond donors (Lipinski definition) is 8. The third-order valence-electron chi connectivity index (χ3n) is 23.5. The second kappa shape index (κ2) is 47.5. The summed E-state index contributed by atoms with van der Waals surface area (Å²) in [5.41, 5.74) is 34.2. The van der Waals surface area contributed by atoms with Gasteiger partial charge in [0, 0.05) is 71.9 Å². The smallest absolute Gasteiger partial charge is 0.351 e. The zero-order valence-corrected chi connectivity index (χ0v) is 86.7. The van der Waals surface area contributed by atoms with Crippen molar-refractivity contribution in [1.82, 2.24) is 97.2 Å². The number of aromatic nitrogens is 20. The number of ether oxygens (including phenoxy) is 14. The molecule has 0 bridgehead atoms. The number of rotatable bonds is 51. The lowest BCUT2D eigenvalue weighted by Crippen LogP contribution is -2.42. The van der Waals surface area contributed by atoms with Gasteiger partial charge in [0.05, 0.1) is 130 Å². The Morgan fingerprint density at radius 3 is 1.16 bits per heavy atom. The van der Waals surface area contributed by atoms with Crippen molar-refractivity contribution in [3.8, 4) is 0 Å². The van der Waals surface area contributed by atoms with Crippen molar-refractivity contribution in [3.05, 3.63) is 99.1 Å². The van der Waals surface area contributed by atoms with E-state index in [0.717, 1.165) is 39.8 Å². The van der Waals surface area contributed by atoms with Crippen molar-refractivity contribution in [1.29, 1.82) is 0 Å². The number of methoxy groups -OCH3 is 4. The molecule has 6 aliphatic heterocycles. The van der Waals surface area contributed by atoms with Crippen LogP contribution in [0.1, 0.15) is 61.3 Å². The summed E-state index contributed by atoms with van der Waals surface area (Å²) in [4.78, 5) is 171. The molecular formula is C73H98N26O38P6S4-6. The summed E-state index contributed by atoms with van der Waals surface area (Å²) in [6.07, 6.45) is -26.0. The first kappa shape index (κ1) is 112. The number of aromatic amines is 1. The number of anilines is 6. The van der Waals surface area contributed by atoms with Crippen LogP contribution in [0.15, 0.2) is 71.1 Å². The number of fused-ring (bicyclic) bond motifs is 4. The minimum atomic E-state index is -6.23. The number of nitrogens with two attached hydrogens (primary N) is 6. The number of aryl methyl sites for hydroxylation is 2. The molecule has 10 unspecified atom stereocenters. The number of phosphoric acid groups is 2. The molecule has 808 valence electrons. The Kier molecular flexibility index (Phi) is 36.1. The van der Waals surface area contributed by atoms with Gasteiger partial charge in [-0.2, -0.15) is 15.0 Å². The van der Waals surface area contributed by atoms with Gasteiger partial charge in [0.25, 0.3) is 21.2 Å². The molecule has 28 atom stereocenters. The molecule has 0 saturated carbocycles. The number of nitrogens with one attached hydrogen (secondary N) is 1. The molecule has 6 fully saturated rings. The quantitative estimate of drug-likeness (QED) is 0.0102. The second-order valence-electron chi connectivity index (χ2n) is 32.9. The monoisotopic (exact) mass is 2260 g/mol. The topological polar surface area (TPSA) is 847 Å². The predicted molar refractivity (Wildman–Crippen MR) is 502 cm³/mol. The number of imidazole rings is 4. The zero-order chi connectivity index (χ0) is 105. The molecule has 147 heavy (non-hydrogen) atoms. The highest BCUT2D eigenvalue weighted by Crippen LogP contribution is 2.57. The standard InChI is InChI=1S/C73H104N26O38P6S4/c1-33-18-94(72(102)90-57(33)74)67-54(118-13-9-113-4)51(42(130-67)25-125-143(111,147)136-49-37(20-100)128-69(53(49)117-12-8-112-3)98-31-88-47-61(78)82-28-85-64(47)98)135-138(104,105)121-23-40-50(55(119-14-10-114-5)70(131-40)99-32-89-48-65(99)92-71(79)93-66(48)101)134-139(106,107)122-24-41-52(56(120-15-11-115-6)68(129-41)95-19-34(2)58(75)91-73(95)103)137-142(110,146)124-22-39-36(17-44(127-39)97-30-87-46-60(77)81-27-84-63(46)97)133-141(109,145)123-21-38-35(132-140(108,144)116-7)16-43(126-38)96-29-86-45-59(76)80-26-83-62(45)96/h18-19,26-32,35-44,49-56,67-70,100H,8-17,20-25H2,1-7H3,(H,104,105)(H,106,107)(H,108,144)(H,109,145)(H,110,146)(H,111,147)(H2,74,90,102)(H2,75,91,103)(H2,76,80,83)(H2,77,81,84)(H2,78,82,85)(H3,79,92,93,101)/p-6/t35-,36-,37-,38-,39-,40-,41-,42-,43-,44-,49+,50+,51+,52+,53?,54?,55?,56?,67-,68-,69-,70-,140?,141?,142?,143?/m1/s1. The molecule has 0 amide bonds. The first-order chi connectivity index (χ1) is 70.0. The molecule has 74 heteroatoms. The number of aliphatic hydroxyl groups is 1. The highest BCUT2D eigenvalue weighted by Gasteiger charge is 2.56. The Bertz CT molecular complexity index is 6840. The molecule has 6 aliphatic rings. The fraction of sp³-hybridized carbons (Fsp3) is 0.616. The van der Waals surface area contributed by atoms with Crippen LogP contribution in [-0.2, 0) is 182 Å². The third-order valence-corrected chi connectivity index (χ3v) is 31.8. The average Bonchev–Trinajstić information content (AvgIpc) is 1.61. The first-order valence-corrected chi connectivity index (χ1v) is 57.1. The highest BCUT2D eigenvalue weighted by atomic mass is 32.7. The van der Waals surface area contributed by atoms with Gasteiger partial charge in [-0.1, -0.05) is 35.4 Å².